The van der Waals surface area contributed by atoms with Crippen molar-refractivity contribution in [2.45, 2.75) is 25.8 Å². The van der Waals surface area contributed by atoms with Crippen molar-refractivity contribution in [1.82, 2.24) is 19.8 Å². The van der Waals surface area contributed by atoms with Crippen LogP contribution in [-0.2, 0) is 11.2 Å². The van der Waals surface area contributed by atoms with Gasteiger partial charge in [0, 0.05) is 43.3 Å². The van der Waals surface area contributed by atoms with Gasteiger partial charge in [-0.15, -0.1) is 11.3 Å². The van der Waals surface area contributed by atoms with Crippen LogP contribution >= 0.6 is 11.3 Å². The Balaban J connectivity index is 1.58. The highest BCUT2D eigenvalue weighted by Gasteiger charge is 2.37. The second kappa shape index (κ2) is 9.17. The molecule has 1 saturated heterocycles. The van der Waals surface area contributed by atoms with Crippen LogP contribution in [0.5, 0.6) is 0 Å². The topological polar surface area (TPSA) is 66.4 Å². The van der Waals surface area contributed by atoms with Gasteiger partial charge in [-0.1, -0.05) is 37.3 Å². The van der Waals surface area contributed by atoms with E-state index >= 15 is 0 Å². The molecule has 2 aromatic heterocycles. The molecule has 0 radical (unpaired) electrons. The van der Waals surface area contributed by atoms with Gasteiger partial charge in [0.25, 0.3) is 5.91 Å². The third kappa shape index (κ3) is 4.26. The first-order valence-electron chi connectivity index (χ1n) is 10.2. The van der Waals surface area contributed by atoms with Crippen molar-refractivity contribution >= 4 is 23.2 Å². The van der Waals surface area contributed by atoms with Gasteiger partial charge >= 0.3 is 0 Å². The van der Waals surface area contributed by atoms with Crippen molar-refractivity contribution in [3.8, 4) is 10.4 Å². The van der Waals surface area contributed by atoms with E-state index < -0.39 is 6.04 Å². The summed E-state index contributed by atoms with van der Waals surface area (Å²) >= 11 is 1.70. The molecule has 3 aromatic rings. The Labute approximate surface area is 180 Å². The predicted molar refractivity (Wildman–Crippen MR) is 117 cm³/mol. The van der Waals surface area contributed by atoms with E-state index in [2.05, 4.69) is 40.5 Å². The van der Waals surface area contributed by atoms with E-state index in [9.17, 15) is 9.59 Å². The molecule has 4 rings (SSSR count). The zero-order valence-corrected chi connectivity index (χ0v) is 17.7. The van der Waals surface area contributed by atoms with Gasteiger partial charge in [-0.3, -0.25) is 14.6 Å². The molecule has 1 atom stereocenters. The summed E-state index contributed by atoms with van der Waals surface area (Å²) in [6.07, 6.45) is 5.87. The summed E-state index contributed by atoms with van der Waals surface area (Å²) in [5, 5.41) is 2.06. The fourth-order valence-electron chi connectivity index (χ4n) is 3.80. The van der Waals surface area contributed by atoms with Crippen molar-refractivity contribution < 1.29 is 9.59 Å². The zero-order chi connectivity index (χ0) is 20.9. The number of amides is 2. The van der Waals surface area contributed by atoms with Gasteiger partial charge in [-0.2, -0.15) is 0 Å². The second-order valence-electron chi connectivity index (χ2n) is 7.31. The van der Waals surface area contributed by atoms with Gasteiger partial charge in [0.15, 0.2) is 0 Å². The van der Waals surface area contributed by atoms with Gasteiger partial charge in [0.1, 0.15) is 11.7 Å². The van der Waals surface area contributed by atoms with Crippen molar-refractivity contribution in [2.24, 2.45) is 0 Å². The van der Waals surface area contributed by atoms with E-state index in [4.69, 9.17) is 0 Å². The van der Waals surface area contributed by atoms with E-state index in [1.165, 1.54) is 23.5 Å². The minimum absolute atomic E-state index is 0.00248. The average Bonchev–Trinajstić information content (AvgIpc) is 3.32. The molecule has 3 heterocycles. The van der Waals surface area contributed by atoms with Gasteiger partial charge in [-0.25, -0.2) is 4.98 Å². The molecule has 2 amide bonds. The third-order valence-electron chi connectivity index (χ3n) is 5.31. The molecule has 30 heavy (non-hydrogen) atoms. The summed E-state index contributed by atoms with van der Waals surface area (Å²) in [6.45, 7) is 3.81. The summed E-state index contributed by atoms with van der Waals surface area (Å²) in [5.74, 6) is -0.240. The van der Waals surface area contributed by atoms with Crippen molar-refractivity contribution in [1.29, 1.82) is 0 Å². The molecule has 0 saturated carbocycles. The summed E-state index contributed by atoms with van der Waals surface area (Å²) < 4.78 is 0. The lowest BCUT2D eigenvalue weighted by molar-refractivity contribution is -0.140. The monoisotopic (exact) mass is 420 g/mol. The highest BCUT2D eigenvalue weighted by molar-refractivity contribution is 7.13. The number of carbonyl (C=O) groups is 2. The minimum atomic E-state index is -0.535. The van der Waals surface area contributed by atoms with Crippen molar-refractivity contribution in [2.75, 3.05) is 19.6 Å². The van der Waals surface area contributed by atoms with Crippen LogP contribution in [0.2, 0.25) is 0 Å². The molecule has 0 bridgehead atoms. The third-order valence-corrected chi connectivity index (χ3v) is 6.23. The average molecular weight is 421 g/mol. The number of carbonyl (C=O) groups excluding carboxylic acids is 2. The molecule has 0 spiro atoms. The predicted octanol–water partition coefficient (Wildman–Crippen LogP) is 3.51. The molecule has 1 aliphatic rings. The second-order valence-corrected chi connectivity index (χ2v) is 8.26. The van der Waals surface area contributed by atoms with Crippen molar-refractivity contribution in [3.63, 3.8) is 0 Å². The fraction of sp³-hybridized carbons (Fsp3) is 0.304. The van der Waals surface area contributed by atoms with E-state index in [1.807, 2.05) is 23.1 Å². The quantitative estimate of drug-likeness (QED) is 0.612. The molecule has 0 aliphatic carbocycles. The summed E-state index contributed by atoms with van der Waals surface area (Å²) in [5.41, 5.74) is 2.46. The standard InChI is InChI=1S/C23H24N4O2S/c1-2-11-26-12-13-27(22(28)19-16-24-9-10-25-19)20(23(26)29)15-17-5-7-18(8-6-17)21-4-3-14-30-21/h3-10,14,16,20H,2,11-13,15H2,1H3/t20-/m1/s1. The molecule has 0 N–H and O–H groups in total. The van der Waals surface area contributed by atoms with Crippen LogP contribution in [0, 0.1) is 0 Å². The summed E-state index contributed by atoms with van der Waals surface area (Å²) in [4.78, 5) is 39.2. The largest absolute Gasteiger partial charge is 0.339 e. The Morgan fingerprint density at radius 2 is 2.00 bits per heavy atom. The Hall–Kier alpha value is -3.06. The number of thiophene rings is 1. The van der Waals surface area contributed by atoms with E-state index in [0.717, 1.165) is 17.5 Å². The van der Waals surface area contributed by atoms with E-state index in [-0.39, 0.29) is 17.5 Å². The van der Waals surface area contributed by atoms with Crippen LogP contribution in [0.1, 0.15) is 29.4 Å². The molecule has 0 unspecified atom stereocenters. The van der Waals surface area contributed by atoms with Gasteiger partial charge in [-0.05, 0) is 29.0 Å². The SMILES string of the molecule is CCCN1CCN(C(=O)c2cnccn2)[C@H](Cc2ccc(-c3cccs3)cc2)C1=O. The molecule has 1 aliphatic heterocycles. The van der Waals surface area contributed by atoms with Crippen LogP contribution in [0.3, 0.4) is 0 Å². The van der Waals surface area contributed by atoms with E-state index in [0.29, 0.717) is 26.1 Å². The van der Waals surface area contributed by atoms with Gasteiger partial charge < -0.3 is 9.80 Å². The lowest BCUT2D eigenvalue weighted by Crippen LogP contribution is -2.59. The van der Waals surface area contributed by atoms with Crippen molar-refractivity contribution in [3.05, 3.63) is 71.6 Å². The molecular formula is C23H24N4O2S. The fourth-order valence-corrected chi connectivity index (χ4v) is 4.53. The Morgan fingerprint density at radius 3 is 2.67 bits per heavy atom. The summed E-state index contributed by atoms with van der Waals surface area (Å²) in [6, 6.07) is 11.8. The number of piperazine rings is 1. The van der Waals surface area contributed by atoms with Crippen LogP contribution in [-0.4, -0.2) is 57.3 Å². The molecular weight excluding hydrogens is 396 g/mol. The smallest absolute Gasteiger partial charge is 0.274 e. The van der Waals surface area contributed by atoms with Crippen LogP contribution < -0.4 is 0 Å². The summed E-state index contributed by atoms with van der Waals surface area (Å²) in [7, 11) is 0. The van der Waals surface area contributed by atoms with Crippen LogP contribution in [0.25, 0.3) is 10.4 Å². The number of nitrogens with zero attached hydrogens (tertiary/aromatic N) is 4. The lowest BCUT2D eigenvalue weighted by atomic mass is 9.99. The molecule has 1 aromatic carbocycles. The lowest BCUT2D eigenvalue weighted by Gasteiger charge is -2.40. The molecule has 7 heteroatoms. The number of benzene rings is 1. The van der Waals surface area contributed by atoms with Gasteiger partial charge in [0.2, 0.25) is 5.91 Å². The maximum Gasteiger partial charge on any atom is 0.274 e. The first-order valence-corrected chi connectivity index (χ1v) is 11.0. The highest BCUT2D eigenvalue weighted by atomic mass is 32.1. The maximum atomic E-state index is 13.2. The van der Waals surface area contributed by atoms with Crippen LogP contribution in [0.15, 0.2) is 60.4 Å². The molecule has 6 nitrogen and oxygen atoms in total. The Kier molecular flexibility index (Phi) is 6.18. The first kappa shape index (κ1) is 20.2. The van der Waals surface area contributed by atoms with Crippen LogP contribution in [0.4, 0.5) is 0 Å². The zero-order valence-electron chi connectivity index (χ0n) is 16.9. The van der Waals surface area contributed by atoms with E-state index in [1.54, 1.807) is 16.2 Å². The minimum Gasteiger partial charge on any atom is -0.339 e. The van der Waals surface area contributed by atoms with Gasteiger partial charge in [0.05, 0.1) is 6.20 Å². The molecule has 154 valence electrons. The number of rotatable bonds is 6. The first-order chi connectivity index (χ1) is 14.7. The number of hydrogen-bond donors (Lipinski definition) is 0. The Morgan fingerprint density at radius 1 is 1.17 bits per heavy atom. The molecule has 1 fully saturated rings. The number of hydrogen-bond acceptors (Lipinski definition) is 5. The highest BCUT2D eigenvalue weighted by Crippen LogP contribution is 2.26. The normalized spacial score (nSPS) is 16.7. The maximum absolute atomic E-state index is 13.2. The Bertz CT molecular complexity index is 990. The number of aromatic nitrogens is 2.